The molecular formula is C25H34F2. The average molecular weight is 373 g/mol. The summed E-state index contributed by atoms with van der Waals surface area (Å²) in [7, 11) is 0. The van der Waals surface area contributed by atoms with Crippen molar-refractivity contribution in [1.82, 2.24) is 0 Å². The molecule has 0 heterocycles. The zero-order chi connectivity index (χ0) is 18.8. The minimum absolute atomic E-state index is 0.352. The summed E-state index contributed by atoms with van der Waals surface area (Å²) >= 11 is 0. The molecule has 0 aliphatic heterocycles. The van der Waals surface area contributed by atoms with Crippen LogP contribution in [-0.2, 0) is 0 Å². The first-order valence-corrected chi connectivity index (χ1v) is 11.2. The first-order chi connectivity index (χ1) is 13.1. The molecule has 6 atom stereocenters. The van der Waals surface area contributed by atoms with Crippen molar-refractivity contribution in [1.29, 1.82) is 0 Å². The van der Waals surface area contributed by atoms with Gasteiger partial charge in [-0.2, -0.15) is 0 Å². The predicted molar refractivity (Wildman–Crippen MR) is 108 cm³/mol. The molecule has 2 heteroatoms. The fourth-order valence-electron chi connectivity index (χ4n) is 6.77. The van der Waals surface area contributed by atoms with Crippen LogP contribution in [0.1, 0.15) is 82.6 Å². The van der Waals surface area contributed by atoms with Crippen molar-refractivity contribution in [2.75, 3.05) is 0 Å². The minimum atomic E-state index is -0.424. The highest BCUT2D eigenvalue weighted by molar-refractivity contribution is 5.23. The van der Waals surface area contributed by atoms with Crippen LogP contribution in [0, 0.1) is 41.2 Å². The van der Waals surface area contributed by atoms with E-state index in [1.165, 1.54) is 51.4 Å². The van der Waals surface area contributed by atoms with Crippen LogP contribution < -0.4 is 0 Å². The second-order valence-electron chi connectivity index (χ2n) is 9.46. The number of halogens is 2. The van der Waals surface area contributed by atoms with Gasteiger partial charge in [0.15, 0.2) is 0 Å². The Kier molecular flexibility index (Phi) is 5.99. The average Bonchev–Trinajstić information content (AvgIpc) is 2.66. The lowest BCUT2D eigenvalue weighted by molar-refractivity contribution is 0.00562. The maximum Gasteiger partial charge on any atom is 0.126 e. The van der Waals surface area contributed by atoms with Gasteiger partial charge >= 0.3 is 0 Å². The van der Waals surface area contributed by atoms with Gasteiger partial charge in [0.05, 0.1) is 0 Å². The largest absolute Gasteiger partial charge is 0.207 e. The van der Waals surface area contributed by atoms with Gasteiger partial charge in [0, 0.05) is 6.07 Å². The molecule has 0 aromatic heterocycles. The lowest BCUT2D eigenvalue weighted by atomic mass is 9.55. The van der Waals surface area contributed by atoms with Crippen LogP contribution in [0.3, 0.4) is 0 Å². The third-order valence-corrected chi connectivity index (χ3v) is 7.98. The second kappa shape index (κ2) is 8.45. The van der Waals surface area contributed by atoms with E-state index in [2.05, 4.69) is 19.1 Å². The fraction of sp³-hybridized carbons (Fsp3) is 0.680. The summed E-state index contributed by atoms with van der Waals surface area (Å²) in [6.45, 7) is 2.12. The molecule has 1 aromatic carbocycles. The quantitative estimate of drug-likeness (QED) is 0.476. The van der Waals surface area contributed by atoms with Crippen molar-refractivity contribution in [3.05, 3.63) is 47.5 Å². The molecule has 3 fully saturated rings. The van der Waals surface area contributed by atoms with Crippen molar-refractivity contribution in [3.8, 4) is 0 Å². The second-order valence-corrected chi connectivity index (χ2v) is 9.46. The molecule has 3 aliphatic carbocycles. The predicted octanol–water partition coefficient (Wildman–Crippen LogP) is 7.65. The zero-order valence-corrected chi connectivity index (χ0v) is 16.7. The summed E-state index contributed by atoms with van der Waals surface area (Å²) in [6, 6.07) is 4.13. The van der Waals surface area contributed by atoms with Gasteiger partial charge in [0.1, 0.15) is 11.6 Å². The summed E-state index contributed by atoms with van der Waals surface area (Å²) < 4.78 is 27.3. The number of hydrogen-bond acceptors (Lipinski definition) is 0. The molecule has 3 saturated carbocycles. The van der Waals surface area contributed by atoms with Gasteiger partial charge in [-0.05, 0) is 118 Å². The molecule has 0 N–H and O–H groups in total. The molecule has 0 bridgehead atoms. The number of rotatable bonds is 4. The zero-order valence-electron chi connectivity index (χ0n) is 16.7. The normalized spacial score (nSPS) is 36.4. The van der Waals surface area contributed by atoms with Crippen molar-refractivity contribution >= 4 is 0 Å². The third-order valence-electron chi connectivity index (χ3n) is 7.98. The molecule has 3 aliphatic rings. The lowest BCUT2D eigenvalue weighted by Crippen LogP contribution is -2.41. The minimum Gasteiger partial charge on any atom is -0.207 e. The van der Waals surface area contributed by atoms with Crippen LogP contribution >= 0.6 is 0 Å². The smallest absolute Gasteiger partial charge is 0.126 e. The Morgan fingerprint density at radius 2 is 1.52 bits per heavy atom. The van der Waals surface area contributed by atoms with Crippen LogP contribution in [0.4, 0.5) is 8.78 Å². The van der Waals surface area contributed by atoms with Crippen LogP contribution in [0.5, 0.6) is 0 Å². The molecule has 0 radical (unpaired) electrons. The maximum absolute atomic E-state index is 13.6. The summed E-state index contributed by atoms with van der Waals surface area (Å²) in [5, 5.41) is 0. The van der Waals surface area contributed by atoms with Crippen LogP contribution in [0.15, 0.2) is 30.4 Å². The van der Waals surface area contributed by atoms with E-state index in [4.69, 9.17) is 0 Å². The molecule has 27 heavy (non-hydrogen) atoms. The Labute approximate surface area is 163 Å². The molecule has 0 nitrogen and oxygen atoms in total. The van der Waals surface area contributed by atoms with E-state index in [1.807, 2.05) is 0 Å². The van der Waals surface area contributed by atoms with E-state index in [1.54, 1.807) is 12.1 Å². The van der Waals surface area contributed by atoms with E-state index >= 15 is 0 Å². The Morgan fingerprint density at radius 1 is 0.852 bits per heavy atom. The van der Waals surface area contributed by atoms with Crippen LogP contribution in [0.2, 0.25) is 0 Å². The van der Waals surface area contributed by atoms with E-state index in [0.717, 1.165) is 54.1 Å². The number of allylic oxidation sites excluding steroid dienone is 2. The van der Waals surface area contributed by atoms with Gasteiger partial charge in [0.25, 0.3) is 0 Å². The Balaban J connectivity index is 1.37. The standard InChI is InChI=1S/C25H34F2/c1-2-3-4-5-17-6-10-24-19(12-17)7-8-20-13-18(9-11-25(20)24)21-14-22(26)16-23(27)15-21/h2-3,14-20,24-25H,4-13H2,1H3. The number of fused-ring (bicyclic) bond motifs is 3. The van der Waals surface area contributed by atoms with E-state index < -0.39 is 11.6 Å². The molecule has 0 spiro atoms. The lowest BCUT2D eigenvalue weighted by Gasteiger charge is -2.51. The van der Waals surface area contributed by atoms with Gasteiger partial charge in [-0.1, -0.05) is 18.6 Å². The Morgan fingerprint density at radius 3 is 2.22 bits per heavy atom. The monoisotopic (exact) mass is 372 g/mol. The number of hydrogen-bond donors (Lipinski definition) is 0. The van der Waals surface area contributed by atoms with Crippen LogP contribution in [-0.4, -0.2) is 0 Å². The molecule has 0 saturated heterocycles. The van der Waals surface area contributed by atoms with Crippen molar-refractivity contribution in [3.63, 3.8) is 0 Å². The van der Waals surface area contributed by atoms with E-state index in [0.29, 0.717) is 5.92 Å². The third kappa shape index (κ3) is 4.30. The summed E-state index contributed by atoms with van der Waals surface area (Å²) in [6.07, 6.45) is 17.6. The molecular weight excluding hydrogens is 338 g/mol. The molecule has 0 amide bonds. The summed E-state index contributed by atoms with van der Waals surface area (Å²) in [4.78, 5) is 0. The van der Waals surface area contributed by atoms with E-state index in [-0.39, 0.29) is 0 Å². The van der Waals surface area contributed by atoms with Gasteiger partial charge in [-0.25, -0.2) is 8.78 Å². The van der Waals surface area contributed by atoms with E-state index in [9.17, 15) is 8.78 Å². The first-order valence-electron chi connectivity index (χ1n) is 11.2. The SMILES string of the molecule is CC=CCCC1CCC2C(CCC3CC(c4cc(F)cc(F)c4)CCC32)C1. The summed E-state index contributed by atoms with van der Waals surface area (Å²) in [5.74, 6) is 3.95. The topological polar surface area (TPSA) is 0 Å². The highest BCUT2D eigenvalue weighted by atomic mass is 19.1. The maximum atomic E-state index is 13.6. The molecule has 148 valence electrons. The van der Waals surface area contributed by atoms with Crippen molar-refractivity contribution in [2.24, 2.45) is 29.6 Å². The van der Waals surface area contributed by atoms with Crippen molar-refractivity contribution < 1.29 is 8.78 Å². The van der Waals surface area contributed by atoms with Gasteiger partial charge in [-0.3, -0.25) is 0 Å². The Bertz CT molecular complexity index is 644. The summed E-state index contributed by atoms with van der Waals surface area (Å²) in [5.41, 5.74) is 0.890. The van der Waals surface area contributed by atoms with Crippen LogP contribution in [0.25, 0.3) is 0 Å². The fourth-order valence-corrected chi connectivity index (χ4v) is 6.77. The highest BCUT2D eigenvalue weighted by Crippen LogP contribution is 2.55. The van der Waals surface area contributed by atoms with Crippen molar-refractivity contribution in [2.45, 2.75) is 77.0 Å². The molecule has 6 unspecified atom stereocenters. The van der Waals surface area contributed by atoms with Gasteiger partial charge in [-0.15, -0.1) is 0 Å². The highest BCUT2D eigenvalue weighted by Gasteiger charge is 2.44. The van der Waals surface area contributed by atoms with Gasteiger partial charge in [0.2, 0.25) is 0 Å². The molecule has 1 aromatic rings. The first kappa shape index (κ1) is 19.2. The Hall–Kier alpha value is -1.18. The molecule has 4 rings (SSSR count). The number of benzene rings is 1. The van der Waals surface area contributed by atoms with Gasteiger partial charge < -0.3 is 0 Å².